The average molecular weight is 166 g/mol. The topological polar surface area (TPSA) is 36.4 Å². The lowest BCUT2D eigenvalue weighted by Gasteiger charge is -2.14. The number of aliphatic hydroxyl groups is 1. The SMILES string of the molecule is CN(CCO)Cc1ccncc1. The quantitative estimate of drug-likeness (QED) is 0.708. The molecule has 0 radical (unpaired) electrons. The minimum absolute atomic E-state index is 0.210. The summed E-state index contributed by atoms with van der Waals surface area (Å²) >= 11 is 0. The molecule has 0 bridgehead atoms. The number of hydrogen-bond donors (Lipinski definition) is 1. The van der Waals surface area contributed by atoms with E-state index in [0.717, 1.165) is 6.54 Å². The molecule has 3 nitrogen and oxygen atoms in total. The maximum absolute atomic E-state index is 8.66. The van der Waals surface area contributed by atoms with E-state index in [2.05, 4.69) is 9.88 Å². The summed E-state index contributed by atoms with van der Waals surface area (Å²) in [6.45, 7) is 1.78. The summed E-state index contributed by atoms with van der Waals surface area (Å²) in [5, 5.41) is 8.66. The first-order valence-electron chi connectivity index (χ1n) is 4.01. The van der Waals surface area contributed by atoms with E-state index in [1.165, 1.54) is 5.56 Å². The van der Waals surface area contributed by atoms with Gasteiger partial charge in [-0.1, -0.05) is 0 Å². The van der Waals surface area contributed by atoms with Crippen molar-refractivity contribution in [3.63, 3.8) is 0 Å². The van der Waals surface area contributed by atoms with Crippen molar-refractivity contribution in [2.24, 2.45) is 0 Å². The molecule has 0 aromatic carbocycles. The summed E-state index contributed by atoms with van der Waals surface area (Å²) in [6, 6.07) is 3.96. The van der Waals surface area contributed by atoms with Crippen LogP contribution in [0.3, 0.4) is 0 Å². The standard InChI is InChI=1S/C9H14N2O/c1-11(6-7-12)8-9-2-4-10-5-3-9/h2-5,12H,6-8H2,1H3. The van der Waals surface area contributed by atoms with Crippen LogP contribution < -0.4 is 0 Å². The summed E-state index contributed by atoms with van der Waals surface area (Å²) in [6.07, 6.45) is 3.56. The predicted molar refractivity (Wildman–Crippen MR) is 47.7 cm³/mol. The largest absolute Gasteiger partial charge is 0.395 e. The van der Waals surface area contributed by atoms with Crippen LogP contribution in [0.2, 0.25) is 0 Å². The van der Waals surface area contributed by atoms with E-state index in [1.807, 2.05) is 19.2 Å². The van der Waals surface area contributed by atoms with Gasteiger partial charge in [0.1, 0.15) is 0 Å². The molecule has 0 aliphatic carbocycles. The van der Waals surface area contributed by atoms with Gasteiger partial charge in [-0.2, -0.15) is 0 Å². The molecule has 1 heterocycles. The highest BCUT2D eigenvalue weighted by molar-refractivity contribution is 5.08. The number of pyridine rings is 1. The molecular weight excluding hydrogens is 152 g/mol. The lowest BCUT2D eigenvalue weighted by molar-refractivity contribution is 0.217. The normalized spacial score (nSPS) is 10.6. The second kappa shape index (κ2) is 4.85. The van der Waals surface area contributed by atoms with Gasteiger partial charge < -0.3 is 5.11 Å². The third kappa shape index (κ3) is 2.98. The van der Waals surface area contributed by atoms with Crippen molar-refractivity contribution in [3.8, 4) is 0 Å². The van der Waals surface area contributed by atoms with Crippen LogP contribution >= 0.6 is 0 Å². The fourth-order valence-corrected chi connectivity index (χ4v) is 1.05. The zero-order chi connectivity index (χ0) is 8.81. The van der Waals surface area contributed by atoms with Crippen LogP contribution in [0.4, 0.5) is 0 Å². The van der Waals surface area contributed by atoms with Gasteiger partial charge >= 0.3 is 0 Å². The van der Waals surface area contributed by atoms with Crippen LogP contribution in [0.1, 0.15) is 5.56 Å². The second-order valence-electron chi connectivity index (χ2n) is 2.82. The van der Waals surface area contributed by atoms with Crippen molar-refractivity contribution in [1.29, 1.82) is 0 Å². The first-order chi connectivity index (χ1) is 5.83. The molecule has 0 saturated carbocycles. The average Bonchev–Trinajstić information content (AvgIpc) is 2.06. The number of likely N-dealkylation sites (N-methyl/N-ethyl adjacent to an activating group) is 1. The molecular formula is C9H14N2O. The second-order valence-corrected chi connectivity index (χ2v) is 2.82. The lowest BCUT2D eigenvalue weighted by atomic mass is 10.2. The molecule has 0 aliphatic rings. The summed E-state index contributed by atoms with van der Waals surface area (Å²) in [5.41, 5.74) is 1.22. The molecule has 1 N–H and O–H groups in total. The van der Waals surface area contributed by atoms with Crippen LogP contribution in [-0.2, 0) is 6.54 Å². The third-order valence-corrected chi connectivity index (χ3v) is 1.68. The Hall–Kier alpha value is -0.930. The fourth-order valence-electron chi connectivity index (χ4n) is 1.05. The molecule has 0 atom stereocenters. The minimum atomic E-state index is 0.210. The molecule has 1 aromatic heterocycles. The van der Waals surface area contributed by atoms with Crippen LogP contribution in [-0.4, -0.2) is 35.2 Å². The monoisotopic (exact) mass is 166 g/mol. The first kappa shape index (κ1) is 9.16. The van der Waals surface area contributed by atoms with E-state index in [4.69, 9.17) is 5.11 Å². The first-order valence-corrected chi connectivity index (χ1v) is 4.01. The van der Waals surface area contributed by atoms with Crippen LogP contribution in [0.15, 0.2) is 24.5 Å². The van der Waals surface area contributed by atoms with Gasteiger partial charge in [0.15, 0.2) is 0 Å². The van der Waals surface area contributed by atoms with E-state index in [0.29, 0.717) is 6.54 Å². The summed E-state index contributed by atoms with van der Waals surface area (Å²) < 4.78 is 0. The van der Waals surface area contributed by atoms with Gasteiger partial charge in [-0.25, -0.2) is 0 Å². The van der Waals surface area contributed by atoms with Crippen molar-refractivity contribution in [3.05, 3.63) is 30.1 Å². The molecule has 0 fully saturated rings. The third-order valence-electron chi connectivity index (χ3n) is 1.68. The van der Waals surface area contributed by atoms with Crippen molar-refractivity contribution < 1.29 is 5.11 Å². The number of rotatable bonds is 4. The Labute approximate surface area is 72.7 Å². The molecule has 0 unspecified atom stereocenters. The minimum Gasteiger partial charge on any atom is -0.395 e. The molecule has 0 amide bonds. The number of aliphatic hydroxyl groups excluding tert-OH is 1. The zero-order valence-electron chi connectivity index (χ0n) is 7.27. The summed E-state index contributed by atoms with van der Waals surface area (Å²) in [5.74, 6) is 0. The van der Waals surface area contributed by atoms with Crippen molar-refractivity contribution in [2.45, 2.75) is 6.54 Å². The zero-order valence-corrected chi connectivity index (χ0v) is 7.27. The van der Waals surface area contributed by atoms with Crippen LogP contribution in [0.25, 0.3) is 0 Å². The highest BCUT2D eigenvalue weighted by Gasteiger charge is 1.97. The van der Waals surface area contributed by atoms with E-state index < -0.39 is 0 Å². The number of hydrogen-bond acceptors (Lipinski definition) is 3. The van der Waals surface area contributed by atoms with Gasteiger partial charge in [-0.15, -0.1) is 0 Å². The molecule has 0 aliphatic heterocycles. The molecule has 1 rings (SSSR count). The maximum atomic E-state index is 8.66. The van der Waals surface area contributed by atoms with E-state index in [1.54, 1.807) is 12.4 Å². The molecule has 3 heteroatoms. The fraction of sp³-hybridized carbons (Fsp3) is 0.444. The predicted octanol–water partition coefficient (Wildman–Crippen LogP) is 0.506. The van der Waals surface area contributed by atoms with Gasteiger partial charge in [0.25, 0.3) is 0 Å². The van der Waals surface area contributed by atoms with E-state index in [-0.39, 0.29) is 6.61 Å². The van der Waals surface area contributed by atoms with Gasteiger partial charge in [0.2, 0.25) is 0 Å². The van der Waals surface area contributed by atoms with Gasteiger partial charge in [-0.3, -0.25) is 9.88 Å². The Morgan fingerprint density at radius 2 is 2.08 bits per heavy atom. The Morgan fingerprint density at radius 3 is 2.67 bits per heavy atom. The van der Waals surface area contributed by atoms with Crippen molar-refractivity contribution >= 4 is 0 Å². The van der Waals surface area contributed by atoms with Gasteiger partial charge in [0, 0.05) is 25.5 Å². The van der Waals surface area contributed by atoms with E-state index >= 15 is 0 Å². The Morgan fingerprint density at radius 1 is 1.42 bits per heavy atom. The lowest BCUT2D eigenvalue weighted by Crippen LogP contribution is -2.21. The molecule has 0 spiro atoms. The van der Waals surface area contributed by atoms with Gasteiger partial charge in [-0.05, 0) is 24.7 Å². The molecule has 0 saturated heterocycles. The Balaban J connectivity index is 2.41. The highest BCUT2D eigenvalue weighted by atomic mass is 16.3. The van der Waals surface area contributed by atoms with E-state index in [9.17, 15) is 0 Å². The maximum Gasteiger partial charge on any atom is 0.0558 e. The van der Waals surface area contributed by atoms with Crippen LogP contribution in [0.5, 0.6) is 0 Å². The number of aromatic nitrogens is 1. The Bertz CT molecular complexity index is 213. The molecule has 66 valence electrons. The smallest absolute Gasteiger partial charge is 0.0558 e. The molecule has 12 heavy (non-hydrogen) atoms. The highest BCUT2D eigenvalue weighted by Crippen LogP contribution is 1.99. The van der Waals surface area contributed by atoms with Crippen LogP contribution in [0, 0.1) is 0 Å². The van der Waals surface area contributed by atoms with Crippen molar-refractivity contribution in [1.82, 2.24) is 9.88 Å². The molecule has 1 aromatic rings. The summed E-state index contributed by atoms with van der Waals surface area (Å²) in [4.78, 5) is 6.00. The Kier molecular flexibility index (Phi) is 3.70. The number of nitrogens with zero attached hydrogens (tertiary/aromatic N) is 2. The van der Waals surface area contributed by atoms with Gasteiger partial charge in [0.05, 0.1) is 6.61 Å². The van der Waals surface area contributed by atoms with Crippen molar-refractivity contribution in [2.75, 3.05) is 20.2 Å². The summed E-state index contributed by atoms with van der Waals surface area (Å²) in [7, 11) is 1.98.